The second kappa shape index (κ2) is 7.45. The summed E-state index contributed by atoms with van der Waals surface area (Å²) in [6.07, 6.45) is 0. The van der Waals surface area contributed by atoms with Crippen LogP contribution in [0.5, 0.6) is 0 Å². The van der Waals surface area contributed by atoms with Crippen LogP contribution in [0.15, 0.2) is 84.9 Å². The van der Waals surface area contributed by atoms with Crippen molar-refractivity contribution in [1.82, 2.24) is 10.2 Å². The van der Waals surface area contributed by atoms with Crippen LogP contribution in [0.3, 0.4) is 0 Å². The molecule has 0 aliphatic carbocycles. The van der Waals surface area contributed by atoms with Gasteiger partial charge in [0.2, 0.25) is 0 Å². The third kappa shape index (κ3) is 2.96. The Morgan fingerprint density at radius 1 is 0.654 bits per heavy atom. The zero-order chi connectivity index (χ0) is 17.8. The maximum absolute atomic E-state index is 3.51. The van der Waals surface area contributed by atoms with Crippen LogP contribution in [-0.4, -0.2) is 31.1 Å². The zero-order valence-electron chi connectivity index (χ0n) is 15.4. The number of piperazine rings is 1. The highest BCUT2D eigenvalue weighted by Crippen LogP contribution is 2.42. The van der Waals surface area contributed by atoms with Gasteiger partial charge in [0.1, 0.15) is 0 Å². The summed E-state index contributed by atoms with van der Waals surface area (Å²) in [5.41, 5.74) is 5.03. The average molecular weight is 342 g/mol. The summed E-state index contributed by atoms with van der Waals surface area (Å²) in [5.74, 6) is 0. The molecule has 1 N–H and O–H groups in total. The van der Waals surface area contributed by atoms with Crippen molar-refractivity contribution in [3.05, 3.63) is 107 Å². The van der Waals surface area contributed by atoms with E-state index in [1.807, 2.05) is 0 Å². The molecule has 1 saturated heterocycles. The number of hydrogen-bond donors (Lipinski definition) is 1. The highest BCUT2D eigenvalue weighted by atomic mass is 15.2. The third-order valence-corrected chi connectivity index (χ3v) is 5.44. The Balaban J connectivity index is 2.00. The third-order valence-electron chi connectivity index (χ3n) is 5.44. The maximum atomic E-state index is 3.51. The number of benzene rings is 3. The molecule has 1 aliphatic rings. The topological polar surface area (TPSA) is 15.3 Å². The van der Waals surface area contributed by atoms with Crippen LogP contribution < -0.4 is 5.32 Å². The number of nitrogens with zero attached hydrogens (tertiary/aromatic N) is 1. The van der Waals surface area contributed by atoms with Gasteiger partial charge in [-0.25, -0.2) is 0 Å². The molecular weight excluding hydrogens is 316 g/mol. The van der Waals surface area contributed by atoms with Gasteiger partial charge in [-0.3, -0.25) is 4.90 Å². The zero-order valence-corrected chi connectivity index (χ0v) is 15.4. The molecule has 0 amide bonds. The molecule has 0 atom stereocenters. The molecule has 2 heteroatoms. The van der Waals surface area contributed by atoms with Gasteiger partial charge in [-0.05, 0) is 23.6 Å². The smallest absolute Gasteiger partial charge is 0.0973 e. The van der Waals surface area contributed by atoms with E-state index in [0.29, 0.717) is 0 Å². The summed E-state index contributed by atoms with van der Waals surface area (Å²) in [7, 11) is 0. The standard InChI is InChI=1S/C24H26N2/c1-20-12-14-23(15-13-20)24(21-8-4-2-5-9-21,22-10-6-3-7-11-22)26-18-16-25-17-19-26/h2-15,25H,16-19H2,1H3. The van der Waals surface area contributed by atoms with Gasteiger partial charge in [0.05, 0.1) is 5.54 Å². The van der Waals surface area contributed by atoms with E-state index in [0.717, 1.165) is 26.2 Å². The van der Waals surface area contributed by atoms with E-state index in [1.54, 1.807) is 0 Å². The van der Waals surface area contributed by atoms with Crippen LogP contribution in [0, 0.1) is 6.92 Å². The van der Waals surface area contributed by atoms with Crippen LogP contribution in [0.2, 0.25) is 0 Å². The van der Waals surface area contributed by atoms with Gasteiger partial charge < -0.3 is 5.32 Å². The van der Waals surface area contributed by atoms with E-state index in [4.69, 9.17) is 0 Å². The Morgan fingerprint density at radius 2 is 1.12 bits per heavy atom. The predicted molar refractivity (Wildman–Crippen MR) is 108 cm³/mol. The van der Waals surface area contributed by atoms with E-state index < -0.39 is 0 Å². The summed E-state index contributed by atoms with van der Waals surface area (Å²) < 4.78 is 0. The van der Waals surface area contributed by atoms with Crippen molar-refractivity contribution in [3.8, 4) is 0 Å². The second-order valence-corrected chi connectivity index (χ2v) is 7.05. The Hall–Kier alpha value is -2.42. The lowest BCUT2D eigenvalue weighted by atomic mass is 9.75. The lowest BCUT2D eigenvalue weighted by molar-refractivity contribution is 0.137. The Morgan fingerprint density at radius 3 is 1.62 bits per heavy atom. The molecule has 0 bridgehead atoms. The van der Waals surface area contributed by atoms with E-state index >= 15 is 0 Å². The lowest BCUT2D eigenvalue weighted by Crippen LogP contribution is -2.55. The molecule has 26 heavy (non-hydrogen) atoms. The van der Waals surface area contributed by atoms with Crippen LogP contribution in [0.25, 0.3) is 0 Å². The van der Waals surface area contributed by atoms with Gasteiger partial charge in [0, 0.05) is 26.2 Å². The molecule has 132 valence electrons. The molecule has 3 aromatic rings. The van der Waals surface area contributed by atoms with E-state index in [9.17, 15) is 0 Å². The quantitative estimate of drug-likeness (QED) is 0.715. The van der Waals surface area contributed by atoms with Crippen molar-refractivity contribution in [1.29, 1.82) is 0 Å². The summed E-state index contributed by atoms with van der Waals surface area (Å²) in [5, 5.41) is 3.51. The number of rotatable bonds is 4. The van der Waals surface area contributed by atoms with Crippen molar-refractivity contribution in [2.75, 3.05) is 26.2 Å². The summed E-state index contributed by atoms with van der Waals surface area (Å²) in [6.45, 7) is 6.25. The van der Waals surface area contributed by atoms with E-state index in [-0.39, 0.29) is 5.54 Å². The van der Waals surface area contributed by atoms with E-state index in [2.05, 4.69) is 102 Å². The SMILES string of the molecule is Cc1ccc(C(c2ccccc2)(c2ccccc2)N2CCNCC2)cc1. The van der Waals surface area contributed by atoms with Gasteiger partial charge in [-0.1, -0.05) is 90.5 Å². The highest BCUT2D eigenvalue weighted by Gasteiger charge is 2.42. The van der Waals surface area contributed by atoms with Crippen molar-refractivity contribution in [2.45, 2.75) is 12.5 Å². The van der Waals surface area contributed by atoms with Crippen molar-refractivity contribution in [3.63, 3.8) is 0 Å². The van der Waals surface area contributed by atoms with Crippen LogP contribution in [0.1, 0.15) is 22.3 Å². The molecule has 3 aromatic carbocycles. The molecule has 4 rings (SSSR count). The Bertz CT molecular complexity index is 780. The molecule has 2 nitrogen and oxygen atoms in total. The minimum absolute atomic E-state index is 0.266. The van der Waals surface area contributed by atoms with Gasteiger partial charge in [0.25, 0.3) is 0 Å². The lowest BCUT2D eigenvalue weighted by Gasteiger charge is -2.47. The fraction of sp³-hybridized carbons (Fsp3) is 0.250. The van der Waals surface area contributed by atoms with Crippen molar-refractivity contribution < 1.29 is 0 Å². The number of nitrogens with one attached hydrogen (secondary N) is 1. The molecule has 1 aliphatic heterocycles. The van der Waals surface area contributed by atoms with Crippen LogP contribution in [-0.2, 0) is 5.54 Å². The normalized spacial score (nSPS) is 15.7. The molecule has 0 radical (unpaired) electrons. The second-order valence-electron chi connectivity index (χ2n) is 7.05. The van der Waals surface area contributed by atoms with Gasteiger partial charge in [-0.2, -0.15) is 0 Å². The largest absolute Gasteiger partial charge is 0.314 e. The molecule has 0 spiro atoms. The number of hydrogen-bond acceptors (Lipinski definition) is 2. The first-order valence-corrected chi connectivity index (χ1v) is 9.46. The van der Waals surface area contributed by atoms with Crippen molar-refractivity contribution in [2.24, 2.45) is 0 Å². The molecule has 1 fully saturated rings. The predicted octanol–water partition coefficient (Wildman–Crippen LogP) is 4.19. The van der Waals surface area contributed by atoms with E-state index in [1.165, 1.54) is 22.3 Å². The Kier molecular flexibility index (Phi) is 4.87. The van der Waals surface area contributed by atoms with Gasteiger partial charge in [0.15, 0.2) is 0 Å². The molecular formula is C24H26N2. The first-order valence-electron chi connectivity index (χ1n) is 9.46. The molecule has 1 heterocycles. The first-order chi connectivity index (χ1) is 12.8. The minimum Gasteiger partial charge on any atom is -0.314 e. The number of aryl methyl sites for hydroxylation is 1. The van der Waals surface area contributed by atoms with Crippen molar-refractivity contribution >= 4 is 0 Å². The van der Waals surface area contributed by atoms with Gasteiger partial charge >= 0.3 is 0 Å². The van der Waals surface area contributed by atoms with Crippen LogP contribution in [0.4, 0.5) is 0 Å². The maximum Gasteiger partial charge on any atom is 0.0973 e. The average Bonchev–Trinajstić information content (AvgIpc) is 2.72. The Labute approximate surface area is 156 Å². The molecule has 0 aromatic heterocycles. The molecule has 0 saturated carbocycles. The first kappa shape index (κ1) is 17.0. The van der Waals surface area contributed by atoms with Gasteiger partial charge in [-0.15, -0.1) is 0 Å². The van der Waals surface area contributed by atoms with Crippen LogP contribution >= 0.6 is 0 Å². The minimum atomic E-state index is -0.266. The fourth-order valence-electron chi connectivity index (χ4n) is 4.20. The fourth-order valence-corrected chi connectivity index (χ4v) is 4.20. The highest BCUT2D eigenvalue weighted by molar-refractivity contribution is 5.50. The monoisotopic (exact) mass is 342 g/mol. The summed E-state index contributed by atoms with van der Waals surface area (Å²) in [4.78, 5) is 2.64. The molecule has 0 unspecified atom stereocenters. The summed E-state index contributed by atoms with van der Waals surface area (Å²) >= 11 is 0. The summed E-state index contributed by atoms with van der Waals surface area (Å²) in [6, 6.07) is 31.0.